The second-order valence-corrected chi connectivity index (χ2v) is 9.46. The van der Waals surface area contributed by atoms with Crippen LogP contribution >= 0.6 is 0 Å². The Morgan fingerprint density at radius 2 is 1.52 bits per heavy atom. The third-order valence-corrected chi connectivity index (χ3v) is 6.13. The van der Waals surface area contributed by atoms with Gasteiger partial charge in [0.1, 0.15) is 0 Å². The van der Waals surface area contributed by atoms with E-state index in [0.717, 1.165) is 22.3 Å². The number of rotatable bonds is 5. The van der Waals surface area contributed by atoms with Gasteiger partial charge in [-0.25, -0.2) is 8.42 Å². The van der Waals surface area contributed by atoms with Crippen molar-refractivity contribution in [3.8, 4) is 0 Å². The van der Waals surface area contributed by atoms with E-state index in [2.05, 4.69) is 30.8 Å². The zero-order chi connectivity index (χ0) is 20.4. The molecule has 0 radical (unpaired) electrons. The molecule has 0 bridgehead atoms. The van der Waals surface area contributed by atoms with Crippen LogP contribution in [0.2, 0.25) is 0 Å². The monoisotopic (exact) mass is 388 g/mol. The maximum absolute atomic E-state index is 12.9. The van der Waals surface area contributed by atoms with E-state index in [1.807, 2.05) is 26.0 Å². The lowest BCUT2D eigenvalue weighted by atomic mass is 9.85. The highest BCUT2D eigenvalue weighted by Gasteiger charge is 2.23. The molecule has 2 rings (SSSR count). The number of benzene rings is 2. The number of hydrogen-bond acceptors (Lipinski definition) is 3. The first-order valence-corrected chi connectivity index (χ1v) is 10.4. The smallest absolute Gasteiger partial charge is 0.262 e. The molecule has 1 amide bonds. The highest BCUT2D eigenvalue weighted by Crippen LogP contribution is 2.30. The number of amides is 1. The van der Waals surface area contributed by atoms with Gasteiger partial charge in [-0.15, -0.1) is 0 Å². The first-order chi connectivity index (χ1) is 12.4. The summed E-state index contributed by atoms with van der Waals surface area (Å²) in [5, 5.41) is 2.56. The van der Waals surface area contributed by atoms with E-state index in [9.17, 15) is 13.2 Å². The van der Waals surface area contributed by atoms with Crippen LogP contribution in [0, 0.1) is 13.8 Å². The largest absolute Gasteiger partial charge is 0.359 e. The molecule has 0 spiro atoms. The first-order valence-electron chi connectivity index (χ1n) is 8.88. The minimum atomic E-state index is -3.71. The lowest BCUT2D eigenvalue weighted by molar-refractivity contribution is -0.119. The highest BCUT2D eigenvalue weighted by atomic mass is 32.2. The molecule has 27 heavy (non-hydrogen) atoms. The maximum atomic E-state index is 12.9. The van der Waals surface area contributed by atoms with Crippen LogP contribution in [-0.4, -0.2) is 21.4 Å². The normalized spacial score (nSPS) is 11.9. The molecule has 2 aromatic rings. The van der Waals surface area contributed by atoms with Crippen molar-refractivity contribution in [2.45, 2.75) is 51.3 Å². The molecular formula is C21H28N2O3S. The predicted octanol–water partition coefficient (Wildman–Crippen LogP) is 3.69. The summed E-state index contributed by atoms with van der Waals surface area (Å²) in [6, 6.07) is 10.7. The fourth-order valence-electron chi connectivity index (χ4n) is 2.98. The minimum absolute atomic E-state index is 0.0497. The Kier molecular flexibility index (Phi) is 6.00. The van der Waals surface area contributed by atoms with Gasteiger partial charge in [-0.05, 0) is 53.6 Å². The van der Waals surface area contributed by atoms with E-state index in [0.29, 0.717) is 10.6 Å². The number of sulfonamides is 1. The molecule has 0 saturated carbocycles. The van der Waals surface area contributed by atoms with Crippen LogP contribution in [0.25, 0.3) is 0 Å². The number of hydrogen-bond donors (Lipinski definition) is 2. The predicted molar refractivity (Wildman–Crippen MR) is 110 cm³/mol. The van der Waals surface area contributed by atoms with E-state index >= 15 is 0 Å². The SMILES string of the molecule is CNC(=O)Cc1ccc(NS(=O)(=O)c2c(C)cc(C(C)(C)C)cc2C)cc1. The van der Waals surface area contributed by atoms with Crippen molar-refractivity contribution < 1.29 is 13.2 Å². The molecule has 0 aliphatic rings. The van der Waals surface area contributed by atoms with E-state index in [4.69, 9.17) is 0 Å². The zero-order valence-electron chi connectivity index (χ0n) is 16.8. The molecule has 0 unspecified atom stereocenters. The number of carbonyl (C=O) groups is 1. The summed E-state index contributed by atoms with van der Waals surface area (Å²) in [6.45, 7) is 9.96. The van der Waals surface area contributed by atoms with Gasteiger partial charge in [0.2, 0.25) is 5.91 Å². The molecule has 0 aromatic heterocycles. The summed E-state index contributed by atoms with van der Waals surface area (Å²) in [5.41, 5.74) is 3.79. The van der Waals surface area contributed by atoms with Crippen molar-refractivity contribution in [1.82, 2.24) is 5.32 Å². The molecule has 146 valence electrons. The van der Waals surface area contributed by atoms with Crippen LogP contribution < -0.4 is 10.0 Å². The van der Waals surface area contributed by atoms with Gasteiger partial charge in [0.05, 0.1) is 11.3 Å². The lowest BCUT2D eigenvalue weighted by Crippen LogP contribution is -2.20. The average Bonchev–Trinajstić information content (AvgIpc) is 2.54. The van der Waals surface area contributed by atoms with Gasteiger partial charge < -0.3 is 5.32 Å². The fraction of sp³-hybridized carbons (Fsp3) is 0.381. The summed E-state index contributed by atoms with van der Waals surface area (Å²) in [5.74, 6) is -0.0893. The van der Waals surface area contributed by atoms with Crippen LogP contribution in [0.1, 0.15) is 43.0 Å². The molecule has 6 heteroatoms. The van der Waals surface area contributed by atoms with Gasteiger partial charge in [0.15, 0.2) is 0 Å². The summed E-state index contributed by atoms with van der Waals surface area (Å²) in [4.78, 5) is 11.7. The van der Waals surface area contributed by atoms with Gasteiger partial charge in [0, 0.05) is 12.7 Å². The second-order valence-electron chi connectivity index (χ2n) is 7.84. The van der Waals surface area contributed by atoms with Crippen LogP contribution in [0.3, 0.4) is 0 Å². The van der Waals surface area contributed by atoms with Crippen molar-refractivity contribution in [2.24, 2.45) is 0 Å². The Hall–Kier alpha value is -2.34. The Bertz CT molecular complexity index is 917. The van der Waals surface area contributed by atoms with Gasteiger partial charge >= 0.3 is 0 Å². The number of nitrogens with one attached hydrogen (secondary N) is 2. The van der Waals surface area contributed by atoms with Crippen LogP contribution in [0.5, 0.6) is 0 Å². The number of aryl methyl sites for hydroxylation is 2. The molecule has 0 aliphatic heterocycles. The van der Waals surface area contributed by atoms with Crippen LogP contribution in [0.15, 0.2) is 41.3 Å². The maximum Gasteiger partial charge on any atom is 0.262 e. The van der Waals surface area contributed by atoms with Gasteiger partial charge in [0.25, 0.3) is 10.0 Å². The summed E-state index contributed by atoms with van der Waals surface area (Å²) >= 11 is 0. The summed E-state index contributed by atoms with van der Waals surface area (Å²) in [7, 11) is -2.12. The van der Waals surface area contributed by atoms with Gasteiger partial charge in [-0.3, -0.25) is 9.52 Å². The van der Waals surface area contributed by atoms with Crippen molar-refractivity contribution in [1.29, 1.82) is 0 Å². The number of carbonyl (C=O) groups excluding carboxylic acids is 1. The molecule has 2 aromatic carbocycles. The highest BCUT2D eigenvalue weighted by molar-refractivity contribution is 7.92. The average molecular weight is 389 g/mol. The standard InChI is InChI=1S/C21H28N2O3S/c1-14-11-17(21(3,4)5)12-15(2)20(14)27(25,26)23-18-9-7-16(8-10-18)13-19(24)22-6/h7-12,23H,13H2,1-6H3,(H,22,24). The van der Waals surface area contributed by atoms with Crippen molar-refractivity contribution in [3.63, 3.8) is 0 Å². The quantitative estimate of drug-likeness (QED) is 0.820. The van der Waals surface area contributed by atoms with Gasteiger partial charge in [-0.2, -0.15) is 0 Å². The summed E-state index contributed by atoms with van der Waals surface area (Å²) < 4.78 is 28.5. The van der Waals surface area contributed by atoms with E-state index in [-0.39, 0.29) is 17.7 Å². The second kappa shape index (κ2) is 7.72. The molecular weight excluding hydrogens is 360 g/mol. The molecule has 0 aliphatic carbocycles. The van der Waals surface area contributed by atoms with Gasteiger partial charge in [-0.1, -0.05) is 45.0 Å². The van der Waals surface area contributed by atoms with Crippen molar-refractivity contribution in [2.75, 3.05) is 11.8 Å². The van der Waals surface area contributed by atoms with E-state index in [1.165, 1.54) is 0 Å². The lowest BCUT2D eigenvalue weighted by Gasteiger charge is -2.22. The topological polar surface area (TPSA) is 75.3 Å². The third kappa shape index (κ3) is 5.10. The first kappa shape index (κ1) is 21.0. The molecule has 2 N–H and O–H groups in total. The van der Waals surface area contributed by atoms with E-state index < -0.39 is 10.0 Å². The zero-order valence-corrected chi connectivity index (χ0v) is 17.6. The fourth-order valence-corrected chi connectivity index (χ4v) is 4.49. The summed E-state index contributed by atoms with van der Waals surface area (Å²) in [6.07, 6.45) is 0.260. The molecule has 5 nitrogen and oxygen atoms in total. The Morgan fingerprint density at radius 3 is 1.96 bits per heavy atom. The molecule has 0 atom stereocenters. The molecule has 0 saturated heterocycles. The third-order valence-electron chi connectivity index (χ3n) is 4.44. The minimum Gasteiger partial charge on any atom is -0.359 e. The number of likely N-dealkylation sites (N-methyl/N-ethyl adjacent to an activating group) is 1. The van der Waals surface area contributed by atoms with Crippen molar-refractivity contribution >= 4 is 21.6 Å². The van der Waals surface area contributed by atoms with Crippen LogP contribution in [0.4, 0.5) is 5.69 Å². The van der Waals surface area contributed by atoms with Crippen LogP contribution in [-0.2, 0) is 26.7 Å². The molecule has 0 fully saturated rings. The Balaban J connectivity index is 2.30. The van der Waals surface area contributed by atoms with Crippen molar-refractivity contribution in [3.05, 3.63) is 58.7 Å². The molecule has 0 heterocycles. The van der Waals surface area contributed by atoms with E-state index in [1.54, 1.807) is 31.3 Å². The Morgan fingerprint density at radius 1 is 1.00 bits per heavy atom. The number of anilines is 1. The Labute approximate surface area is 162 Å².